The lowest BCUT2D eigenvalue weighted by molar-refractivity contribution is 0.248. The van der Waals surface area contributed by atoms with Crippen molar-refractivity contribution in [2.75, 3.05) is 0 Å². The predicted octanol–water partition coefficient (Wildman–Crippen LogP) is -0.165. The van der Waals surface area contributed by atoms with Gasteiger partial charge in [0.2, 0.25) is 0 Å². The van der Waals surface area contributed by atoms with E-state index in [1.165, 1.54) is 0 Å². The molecule has 0 atom stereocenters. The number of hydrogen-bond donors (Lipinski definition) is 4. The Balaban J connectivity index is 2.33. The van der Waals surface area contributed by atoms with Gasteiger partial charge >= 0.3 is 12.1 Å². The summed E-state index contributed by atoms with van der Waals surface area (Å²) in [6.45, 7) is 0. The number of primary amides is 2. The van der Waals surface area contributed by atoms with Crippen LogP contribution in [0.1, 0.15) is 17.5 Å². The number of hydrogen-bond acceptors (Lipinski definition) is 4. The Kier molecular flexibility index (Phi) is 3.42. The molecule has 0 heterocycles. The van der Waals surface area contributed by atoms with Gasteiger partial charge in [-0.2, -0.15) is 10.2 Å². The quantitative estimate of drug-likeness (QED) is 0.549. The van der Waals surface area contributed by atoms with Crippen molar-refractivity contribution in [3.8, 4) is 0 Å². The Labute approximate surface area is 108 Å². The number of fused-ring (bicyclic) bond motifs is 1. The van der Waals surface area contributed by atoms with Crippen molar-refractivity contribution in [3.05, 3.63) is 35.4 Å². The van der Waals surface area contributed by atoms with E-state index in [0.29, 0.717) is 17.8 Å². The van der Waals surface area contributed by atoms with Gasteiger partial charge in [0, 0.05) is 17.5 Å². The molecule has 0 fully saturated rings. The first-order valence-electron chi connectivity index (χ1n) is 5.41. The Morgan fingerprint density at radius 3 is 1.74 bits per heavy atom. The molecule has 0 spiro atoms. The zero-order valence-corrected chi connectivity index (χ0v) is 9.88. The van der Waals surface area contributed by atoms with Crippen LogP contribution in [0.4, 0.5) is 9.59 Å². The van der Waals surface area contributed by atoms with Crippen molar-refractivity contribution in [2.45, 2.75) is 6.42 Å². The van der Waals surface area contributed by atoms with Gasteiger partial charge in [0.15, 0.2) is 0 Å². The van der Waals surface area contributed by atoms with Gasteiger partial charge in [-0.05, 0) is 0 Å². The summed E-state index contributed by atoms with van der Waals surface area (Å²) in [7, 11) is 0. The second-order valence-corrected chi connectivity index (χ2v) is 3.79. The molecule has 6 N–H and O–H groups in total. The van der Waals surface area contributed by atoms with Crippen LogP contribution in [0.15, 0.2) is 34.5 Å². The van der Waals surface area contributed by atoms with Crippen LogP contribution in [0.3, 0.4) is 0 Å². The topological polar surface area (TPSA) is 135 Å². The van der Waals surface area contributed by atoms with E-state index in [1.807, 2.05) is 24.3 Å². The third-order valence-electron chi connectivity index (χ3n) is 2.49. The van der Waals surface area contributed by atoms with Crippen molar-refractivity contribution >= 4 is 23.5 Å². The molecule has 8 heteroatoms. The zero-order chi connectivity index (χ0) is 13.8. The van der Waals surface area contributed by atoms with Gasteiger partial charge in [0.1, 0.15) is 0 Å². The van der Waals surface area contributed by atoms with Crippen LogP contribution in [-0.4, -0.2) is 23.5 Å². The van der Waals surface area contributed by atoms with Crippen molar-refractivity contribution in [3.63, 3.8) is 0 Å². The summed E-state index contributed by atoms with van der Waals surface area (Å²) in [6, 6.07) is 5.86. The van der Waals surface area contributed by atoms with E-state index in [-0.39, 0.29) is 0 Å². The maximum atomic E-state index is 10.7. The molecule has 1 aromatic rings. The number of nitrogens with zero attached hydrogens (tertiary/aromatic N) is 2. The van der Waals surface area contributed by atoms with Crippen LogP contribution in [0.2, 0.25) is 0 Å². The van der Waals surface area contributed by atoms with E-state index >= 15 is 0 Å². The number of carbonyl (C=O) groups excluding carboxylic acids is 2. The number of hydrazone groups is 2. The molecule has 0 aromatic heterocycles. The molecule has 0 bridgehead atoms. The lowest BCUT2D eigenvalue weighted by atomic mass is 10.1. The third-order valence-corrected chi connectivity index (χ3v) is 2.49. The summed E-state index contributed by atoms with van der Waals surface area (Å²) in [5.41, 5.74) is 17.1. The summed E-state index contributed by atoms with van der Waals surface area (Å²) >= 11 is 0. The molecular formula is C11H12N6O2. The number of amides is 4. The molecule has 0 unspecified atom stereocenters. The minimum Gasteiger partial charge on any atom is -0.350 e. The summed E-state index contributed by atoms with van der Waals surface area (Å²) in [4.78, 5) is 21.3. The van der Waals surface area contributed by atoms with Gasteiger partial charge in [-0.15, -0.1) is 0 Å². The zero-order valence-electron chi connectivity index (χ0n) is 9.88. The fraction of sp³-hybridized carbons (Fsp3) is 0.0909. The second-order valence-electron chi connectivity index (χ2n) is 3.79. The number of urea groups is 2. The average molecular weight is 260 g/mol. The standard InChI is InChI=1S/C11H12N6O2/c12-10(18)16-14-8-5-9(15-17-11(13)19)7-4-2-1-3-6(7)8/h1-4H,5H2,(H3,12,16,18)(H3,13,17,19)/b14-8+,15-9+. The molecule has 4 amide bonds. The molecule has 1 aliphatic carbocycles. The van der Waals surface area contributed by atoms with Gasteiger partial charge in [0.05, 0.1) is 11.4 Å². The third kappa shape index (κ3) is 2.86. The number of nitrogens with two attached hydrogens (primary N) is 2. The number of benzene rings is 1. The first-order valence-corrected chi connectivity index (χ1v) is 5.41. The van der Waals surface area contributed by atoms with Crippen molar-refractivity contribution in [1.29, 1.82) is 0 Å². The highest BCUT2D eigenvalue weighted by Crippen LogP contribution is 2.22. The highest BCUT2D eigenvalue weighted by molar-refractivity contribution is 6.28. The lowest BCUT2D eigenvalue weighted by Gasteiger charge is -1.98. The molecule has 0 saturated heterocycles. The van der Waals surface area contributed by atoms with Gasteiger partial charge in [-0.3, -0.25) is 0 Å². The van der Waals surface area contributed by atoms with E-state index in [0.717, 1.165) is 11.1 Å². The van der Waals surface area contributed by atoms with Gasteiger partial charge in [-0.25, -0.2) is 20.4 Å². The molecule has 19 heavy (non-hydrogen) atoms. The monoisotopic (exact) mass is 260 g/mol. The molecular weight excluding hydrogens is 248 g/mol. The van der Waals surface area contributed by atoms with Crippen LogP contribution < -0.4 is 22.3 Å². The molecule has 0 saturated carbocycles. The van der Waals surface area contributed by atoms with E-state index in [1.54, 1.807) is 0 Å². The highest BCUT2D eigenvalue weighted by Gasteiger charge is 2.24. The smallest absolute Gasteiger partial charge is 0.332 e. The first kappa shape index (κ1) is 12.6. The molecule has 1 aromatic carbocycles. The number of carbonyl (C=O) groups is 2. The van der Waals surface area contributed by atoms with Crippen molar-refractivity contribution in [2.24, 2.45) is 21.7 Å². The van der Waals surface area contributed by atoms with Gasteiger partial charge in [0.25, 0.3) is 0 Å². The van der Waals surface area contributed by atoms with Crippen LogP contribution in [-0.2, 0) is 0 Å². The van der Waals surface area contributed by atoms with Crippen LogP contribution in [0.5, 0.6) is 0 Å². The predicted molar refractivity (Wildman–Crippen MR) is 69.6 cm³/mol. The normalized spacial score (nSPS) is 17.3. The van der Waals surface area contributed by atoms with E-state index in [4.69, 9.17) is 11.5 Å². The van der Waals surface area contributed by atoms with E-state index in [9.17, 15) is 9.59 Å². The van der Waals surface area contributed by atoms with Crippen molar-refractivity contribution in [1.82, 2.24) is 10.9 Å². The van der Waals surface area contributed by atoms with Crippen LogP contribution >= 0.6 is 0 Å². The maximum absolute atomic E-state index is 10.7. The summed E-state index contributed by atoms with van der Waals surface area (Å²) in [5, 5.41) is 7.82. The van der Waals surface area contributed by atoms with Crippen LogP contribution in [0, 0.1) is 0 Å². The lowest BCUT2D eigenvalue weighted by Crippen LogP contribution is -2.26. The minimum atomic E-state index is -0.745. The van der Waals surface area contributed by atoms with Gasteiger partial charge in [-0.1, -0.05) is 24.3 Å². The second kappa shape index (κ2) is 5.17. The molecule has 98 valence electrons. The minimum absolute atomic E-state index is 0.361. The number of nitrogens with one attached hydrogen (secondary N) is 2. The molecule has 0 aliphatic heterocycles. The maximum Gasteiger partial charge on any atom is 0.332 e. The SMILES string of the molecule is NC(=O)N/N=C1\C/C(=N\NC(N)=O)c2ccccc21. The fourth-order valence-corrected chi connectivity index (χ4v) is 1.78. The highest BCUT2D eigenvalue weighted by atomic mass is 16.2. The van der Waals surface area contributed by atoms with E-state index < -0.39 is 12.1 Å². The Bertz CT molecular complexity index is 542. The van der Waals surface area contributed by atoms with E-state index in [2.05, 4.69) is 21.1 Å². The molecule has 2 rings (SSSR count). The largest absolute Gasteiger partial charge is 0.350 e. The fourth-order valence-electron chi connectivity index (χ4n) is 1.78. The molecule has 0 radical (unpaired) electrons. The molecule has 1 aliphatic rings. The first-order chi connectivity index (χ1) is 9.08. The number of rotatable bonds is 2. The average Bonchev–Trinajstić information content (AvgIpc) is 2.72. The molecule has 8 nitrogen and oxygen atoms in total. The Morgan fingerprint density at radius 1 is 0.947 bits per heavy atom. The Morgan fingerprint density at radius 2 is 1.37 bits per heavy atom. The summed E-state index contributed by atoms with van der Waals surface area (Å²) in [5.74, 6) is 0. The summed E-state index contributed by atoms with van der Waals surface area (Å²) in [6.07, 6.45) is 0.361. The Hall–Kier alpha value is -2.90. The summed E-state index contributed by atoms with van der Waals surface area (Å²) < 4.78 is 0. The van der Waals surface area contributed by atoms with Crippen molar-refractivity contribution < 1.29 is 9.59 Å². The van der Waals surface area contributed by atoms with Gasteiger partial charge < -0.3 is 11.5 Å². The van der Waals surface area contributed by atoms with Crippen LogP contribution in [0.25, 0.3) is 0 Å².